The van der Waals surface area contributed by atoms with Crippen LogP contribution in [0.1, 0.15) is 23.5 Å². The van der Waals surface area contributed by atoms with E-state index in [-0.39, 0.29) is 18.9 Å². The molecule has 0 atom stereocenters. The largest absolute Gasteiger partial charge is 1.00 e. The second-order valence-electron chi connectivity index (χ2n) is 3.66. The molecule has 0 radical (unpaired) electrons. The molecule has 0 aliphatic carbocycles. The van der Waals surface area contributed by atoms with Gasteiger partial charge < -0.3 is 6.92 Å². The van der Waals surface area contributed by atoms with E-state index in [1.807, 2.05) is 0 Å². The molecule has 0 spiro atoms. The van der Waals surface area contributed by atoms with Gasteiger partial charge in [0.1, 0.15) is 0 Å². The van der Waals surface area contributed by atoms with Crippen LogP contribution in [0, 0.1) is 6.92 Å². The summed E-state index contributed by atoms with van der Waals surface area (Å²) in [5.41, 5.74) is 2.69. The summed E-state index contributed by atoms with van der Waals surface area (Å²) in [4.78, 5) is 0. The number of hydrogen-bond acceptors (Lipinski definition) is 0. The number of benzene rings is 2. The summed E-state index contributed by atoms with van der Waals surface area (Å²) in [5.74, 6) is 0.424. The van der Waals surface area contributed by atoms with Crippen molar-refractivity contribution in [3.8, 4) is 0 Å². The van der Waals surface area contributed by atoms with Gasteiger partial charge in [0.25, 0.3) is 0 Å². The predicted octanol–water partition coefficient (Wildman–Crippen LogP) is 1.05. The third-order valence-electron chi connectivity index (χ3n) is 2.69. The minimum Gasteiger partial charge on any atom is -0.342 e. The van der Waals surface area contributed by atoms with E-state index >= 15 is 0 Å². The molecule has 0 aromatic heterocycles. The molecule has 0 N–H and O–H groups in total. The molecule has 2 rings (SSSR count). The molecule has 2 aromatic carbocycles. The molecule has 0 aliphatic heterocycles. The summed E-state index contributed by atoms with van der Waals surface area (Å²) in [5, 5.41) is 0. The molecule has 0 aliphatic rings. The first-order chi connectivity index (χ1) is 7.42. The van der Waals surface area contributed by atoms with Gasteiger partial charge in [-0.2, -0.15) is 6.42 Å². The van der Waals surface area contributed by atoms with Gasteiger partial charge in [0, 0.05) is 0 Å². The van der Waals surface area contributed by atoms with Crippen LogP contribution in [0.4, 0.5) is 0 Å². The molecule has 0 saturated carbocycles. The molecule has 16 heavy (non-hydrogen) atoms. The van der Waals surface area contributed by atoms with Crippen LogP contribution in [0.15, 0.2) is 60.7 Å². The Morgan fingerprint density at radius 3 is 1.44 bits per heavy atom. The Kier molecular flexibility index (Phi) is 5.39. The Morgan fingerprint density at radius 2 is 1.12 bits per heavy atom. The second kappa shape index (κ2) is 6.58. The molecular weight excluding hydrogens is 187 g/mol. The van der Waals surface area contributed by atoms with Crippen molar-refractivity contribution in [3.05, 3.63) is 78.7 Å². The fraction of sp³-hybridized carbons (Fsp3) is 0.133. The van der Waals surface area contributed by atoms with Crippen molar-refractivity contribution in [2.75, 3.05) is 0 Å². The Morgan fingerprint density at radius 1 is 0.750 bits per heavy atom. The zero-order valence-corrected chi connectivity index (χ0v) is 9.77. The standard InChI is InChI=1S/C15H15.Li/c1-2-15(13-9-5-3-6-10-13)14-11-7-4-8-12-14;/h3-12,15H,1-2H2;/q-1;+1. The smallest absolute Gasteiger partial charge is 0.342 e. The van der Waals surface area contributed by atoms with E-state index in [1.54, 1.807) is 0 Å². The Hall–Kier alpha value is -0.963. The summed E-state index contributed by atoms with van der Waals surface area (Å²) < 4.78 is 0. The molecule has 0 fully saturated rings. The number of rotatable bonds is 3. The zero-order valence-electron chi connectivity index (χ0n) is 9.77. The first-order valence-electron chi connectivity index (χ1n) is 5.31. The maximum Gasteiger partial charge on any atom is 1.00 e. The van der Waals surface area contributed by atoms with Crippen LogP contribution in [-0.2, 0) is 0 Å². The van der Waals surface area contributed by atoms with Crippen LogP contribution in [0.3, 0.4) is 0 Å². The normalized spacial score (nSPS) is 9.88. The Labute approximate surface area is 110 Å². The summed E-state index contributed by atoms with van der Waals surface area (Å²) >= 11 is 0. The van der Waals surface area contributed by atoms with Gasteiger partial charge in [0.2, 0.25) is 0 Å². The third-order valence-corrected chi connectivity index (χ3v) is 2.69. The van der Waals surface area contributed by atoms with Crippen molar-refractivity contribution >= 4 is 0 Å². The van der Waals surface area contributed by atoms with E-state index in [0.29, 0.717) is 5.92 Å². The molecule has 0 saturated heterocycles. The molecule has 1 heteroatoms. The predicted molar refractivity (Wildman–Crippen MR) is 64.7 cm³/mol. The second-order valence-corrected chi connectivity index (χ2v) is 3.66. The van der Waals surface area contributed by atoms with Crippen molar-refractivity contribution < 1.29 is 18.9 Å². The van der Waals surface area contributed by atoms with Crippen molar-refractivity contribution in [1.82, 2.24) is 0 Å². The molecule has 0 bridgehead atoms. The average molecular weight is 202 g/mol. The van der Waals surface area contributed by atoms with Crippen molar-refractivity contribution in [1.29, 1.82) is 0 Å². The van der Waals surface area contributed by atoms with Crippen molar-refractivity contribution in [2.24, 2.45) is 0 Å². The maximum atomic E-state index is 4.04. The van der Waals surface area contributed by atoms with E-state index in [1.165, 1.54) is 11.1 Å². The van der Waals surface area contributed by atoms with E-state index in [0.717, 1.165) is 6.42 Å². The molecule has 0 amide bonds. The minimum atomic E-state index is 0. The quantitative estimate of drug-likeness (QED) is 0.515. The van der Waals surface area contributed by atoms with Crippen molar-refractivity contribution in [3.63, 3.8) is 0 Å². The van der Waals surface area contributed by atoms with E-state index in [9.17, 15) is 0 Å². The Balaban J connectivity index is 0.00000128. The van der Waals surface area contributed by atoms with Crippen molar-refractivity contribution in [2.45, 2.75) is 12.3 Å². The van der Waals surface area contributed by atoms with Gasteiger partial charge in [-0.05, 0) is 17.0 Å². The van der Waals surface area contributed by atoms with Crippen LogP contribution < -0.4 is 18.9 Å². The fourth-order valence-corrected chi connectivity index (χ4v) is 1.90. The summed E-state index contributed by atoms with van der Waals surface area (Å²) in [6.45, 7) is 4.04. The first-order valence-corrected chi connectivity index (χ1v) is 5.31. The van der Waals surface area contributed by atoms with Crippen LogP contribution in [0.5, 0.6) is 0 Å². The molecule has 0 heterocycles. The topological polar surface area (TPSA) is 0 Å². The van der Waals surface area contributed by atoms with Crippen LogP contribution >= 0.6 is 0 Å². The number of hydrogen-bond donors (Lipinski definition) is 0. The van der Waals surface area contributed by atoms with Gasteiger partial charge >= 0.3 is 18.9 Å². The first kappa shape index (κ1) is 13.1. The van der Waals surface area contributed by atoms with Crippen LogP contribution in [-0.4, -0.2) is 0 Å². The van der Waals surface area contributed by atoms with E-state index < -0.39 is 0 Å². The molecule has 0 nitrogen and oxygen atoms in total. The van der Waals surface area contributed by atoms with Gasteiger partial charge in [-0.25, -0.2) is 0 Å². The van der Waals surface area contributed by atoms with Gasteiger partial charge in [-0.3, -0.25) is 0 Å². The van der Waals surface area contributed by atoms with Crippen LogP contribution in [0.2, 0.25) is 0 Å². The SMILES string of the molecule is [CH2-]CC(c1ccccc1)c1ccccc1.[Li+]. The Bertz CT molecular complexity index is 355. The van der Waals surface area contributed by atoms with E-state index in [2.05, 4.69) is 67.6 Å². The maximum absolute atomic E-state index is 4.04. The fourth-order valence-electron chi connectivity index (χ4n) is 1.90. The summed E-state index contributed by atoms with van der Waals surface area (Å²) in [7, 11) is 0. The summed E-state index contributed by atoms with van der Waals surface area (Å²) in [6, 6.07) is 21.1. The van der Waals surface area contributed by atoms with Gasteiger partial charge in [0.05, 0.1) is 0 Å². The summed E-state index contributed by atoms with van der Waals surface area (Å²) in [6.07, 6.45) is 0.897. The minimum absolute atomic E-state index is 0. The van der Waals surface area contributed by atoms with Gasteiger partial charge in [-0.1, -0.05) is 60.7 Å². The third kappa shape index (κ3) is 3.01. The molecule has 2 aromatic rings. The molecule has 76 valence electrons. The van der Waals surface area contributed by atoms with Gasteiger partial charge in [0.15, 0.2) is 0 Å². The zero-order chi connectivity index (χ0) is 10.5. The molecular formula is C15H15Li. The van der Waals surface area contributed by atoms with E-state index in [4.69, 9.17) is 0 Å². The van der Waals surface area contributed by atoms with Gasteiger partial charge in [-0.15, -0.1) is 0 Å². The molecule has 0 unspecified atom stereocenters. The van der Waals surface area contributed by atoms with Crippen LogP contribution in [0.25, 0.3) is 0 Å². The monoisotopic (exact) mass is 202 g/mol. The average Bonchev–Trinajstić information content (AvgIpc) is 2.33.